The summed E-state index contributed by atoms with van der Waals surface area (Å²) < 4.78 is 9.59. The second kappa shape index (κ2) is 15.0. The van der Waals surface area contributed by atoms with Crippen LogP contribution in [0.5, 0.6) is 0 Å². The Morgan fingerprint density at radius 3 is 2.38 bits per heavy atom. The molecule has 0 heterocycles. The first-order chi connectivity index (χ1) is 10.2. The van der Waals surface area contributed by atoms with Crippen LogP contribution in [0.4, 0.5) is 0 Å². The summed E-state index contributed by atoms with van der Waals surface area (Å²) >= 11 is 0. The van der Waals surface area contributed by atoms with Crippen LogP contribution in [-0.4, -0.2) is 32.3 Å². The van der Waals surface area contributed by atoms with Crippen LogP contribution in [0.25, 0.3) is 0 Å². The van der Waals surface area contributed by atoms with Gasteiger partial charge in [0.1, 0.15) is 6.73 Å². The number of amides is 1. The normalized spacial score (nSPS) is 10.1. The lowest BCUT2D eigenvalue weighted by Gasteiger charge is -2.06. The molecular formula is C16H29NO4. The number of unbranched alkanes of at least 4 members (excludes halogenated alkanes) is 6. The van der Waals surface area contributed by atoms with E-state index in [2.05, 4.69) is 16.6 Å². The van der Waals surface area contributed by atoms with Crippen molar-refractivity contribution in [1.29, 1.82) is 0 Å². The molecule has 0 fully saturated rings. The van der Waals surface area contributed by atoms with Crippen molar-refractivity contribution in [2.24, 2.45) is 0 Å². The van der Waals surface area contributed by atoms with Gasteiger partial charge in [0.2, 0.25) is 5.91 Å². The molecule has 1 N–H and O–H groups in total. The summed E-state index contributed by atoms with van der Waals surface area (Å²) in [7, 11) is 1.34. The van der Waals surface area contributed by atoms with E-state index in [-0.39, 0.29) is 31.6 Å². The zero-order valence-electron chi connectivity index (χ0n) is 13.2. The molecule has 122 valence electrons. The van der Waals surface area contributed by atoms with E-state index in [9.17, 15) is 9.59 Å². The molecule has 0 atom stereocenters. The minimum absolute atomic E-state index is 0.000254. The fourth-order valence-corrected chi connectivity index (χ4v) is 1.83. The fourth-order valence-electron chi connectivity index (χ4n) is 1.83. The summed E-state index contributed by atoms with van der Waals surface area (Å²) in [6, 6.07) is 0. The van der Waals surface area contributed by atoms with Gasteiger partial charge >= 0.3 is 5.97 Å². The lowest BCUT2D eigenvalue weighted by molar-refractivity contribution is -0.141. The van der Waals surface area contributed by atoms with Crippen LogP contribution in [0.2, 0.25) is 0 Å². The van der Waals surface area contributed by atoms with Crippen molar-refractivity contribution in [3.8, 4) is 0 Å². The molecule has 0 aliphatic heterocycles. The first kappa shape index (κ1) is 19.6. The predicted molar refractivity (Wildman–Crippen MR) is 82.7 cm³/mol. The summed E-state index contributed by atoms with van der Waals surface area (Å²) in [6.07, 6.45) is 10.7. The third kappa shape index (κ3) is 14.9. The van der Waals surface area contributed by atoms with Gasteiger partial charge in [-0.25, -0.2) is 0 Å². The van der Waals surface area contributed by atoms with Crippen molar-refractivity contribution in [1.82, 2.24) is 5.32 Å². The molecule has 0 saturated heterocycles. The quantitative estimate of drug-likeness (QED) is 0.232. The summed E-state index contributed by atoms with van der Waals surface area (Å²) in [5, 5.41) is 2.67. The minimum Gasteiger partial charge on any atom is -0.469 e. The Balaban J connectivity index is 3.23. The highest BCUT2D eigenvalue weighted by atomic mass is 16.5. The molecule has 0 aromatic carbocycles. The molecule has 0 spiro atoms. The number of hydrogen-bond donors (Lipinski definition) is 1. The Morgan fingerprint density at radius 1 is 1.05 bits per heavy atom. The predicted octanol–water partition coefficient (Wildman–Crippen LogP) is 2.95. The van der Waals surface area contributed by atoms with E-state index in [0.717, 1.165) is 19.3 Å². The molecule has 0 aromatic rings. The third-order valence-electron chi connectivity index (χ3n) is 3.11. The van der Waals surface area contributed by atoms with Gasteiger partial charge in [-0.3, -0.25) is 9.59 Å². The molecule has 0 radical (unpaired) electrons. The van der Waals surface area contributed by atoms with E-state index in [1.807, 2.05) is 6.08 Å². The van der Waals surface area contributed by atoms with Crippen LogP contribution < -0.4 is 5.32 Å². The summed E-state index contributed by atoms with van der Waals surface area (Å²) in [4.78, 5) is 22.3. The average Bonchev–Trinajstić information content (AvgIpc) is 2.49. The molecule has 0 saturated carbocycles. The number of rotatable bonds is 14. The van der Waals surface area contributed by atoms with Crippen LogP contribution in [0.3, 0.4) is 0 Å². The molecule has 0 rings (SSSR count). The summed E-state index contributed by atoms with van der Waals surface area (Å²) in [5.74, 6) is -0.311. The minimum atomic E-state index is -0.311. The number of carbonyl (C=O) groups is 2. The van der Waals surface area contributed by atoms with Crippen molar-refractivity contribution in [2.75, 3.05) is 20.4 Å². The molecule has 5 nitrogen and oxygen atoms in total. The van der Waals surface area contributed by atoms with Crippen molar-refractivity contribution >= 4 is 11.9 Å². The van der Waals surface area contributed by atoms with E-state index in [1.165, 1.54) is 32.8 Å². The molecule has 0 aliphatic carbocycles. The van der Waals surface area contributed by atoms with Gasteiger partial charge in [-0.2, -0.15) is 0 Å². The highest BCUT2D eigenvalue weighted by molar-refractivity contribution is 5.75. The number of allylic oxidation sites excluding steroid dienone is 1. The number of carbonyl (C=O) groups excluding carboxylic acids is 2. The van der Waals surface area contributed by atoms with Crippen LogP contribution in [0.1, 0.15) is 57.8 Å². The van der Waals surface area contributed by atoms with Crippen LogP contribution >= 0.6 is 0 Å². The standard InChI is InChI=1S/C16H29NO4/c1-3-4-5-6-7-8-9-10-11-15(18)17-14-21-13-12-16(19)20-2/h3H,1,4-14H2,2H3,(H,17,18). The second-order valence-electron chi connectivity index (χ2n) is 4.93. The van der Waals surface area contributed by atoms with Gasteiger partial charge in [-0.05, 0) is 19.3 Å². The van der Waals surface area contributed by atoms with Gasteiger partial charge in [-0.1, -0.05) is 31.8 Å². The number of nitrogens with one attached hydrogen (secondary N) is 1. The molecule has 0 unspecified atom stereocenters. The van der Waals surface area contributed by atoms with E-state index >= 15 is 0 Å². The SMILES string of the molecule is C=CCCCCCCCCC(=O)NCOCCC(=O)OC. The molecule has 1 amide bonds. The van der Waals surface area contributed by atoms with Gasteiger partial charge in [0.15, 0.2) is 0 Å². The van der Waals surface area contributed by atoms with E-state index in [1.54, 1.807) is 0 Å². The zero-order valence-corrected chi connectivity index (χ0v) is 13.2. The van der Waals surface area contributed by atoms with Gasteiger partial charge in [0.05, 0.1) is 20.1 Å². The topological polar surface area (TPSA) is 64.6 Å². The van der Waals surface area contributed by atoms with Gasteiger partial charge in [0, 0.05) is 6.42 Å². The van der Waals surface area contributed by atoms with Crippen LogP contribution in [0, 0.1) is 0 Å². The maximum atomic E-state index is 11.5. The largest absolute Gasteiger partial charge is 0.469 e. The summed E-state index contributed by atoms with van der Waals surface area (Å²) in [6.45, 7) is 4.11. The average molecular weight is 299 g/mol. The highest BCUT2D eigenvalue weighted by Crippen LogP contribution is 2.08. The smallest absolute Gasteiger partial charge is 0.307 e. The highest BCUT2D eigenvalue weighted by Gasteiger charge is 2.02. The van der Waals surface area contributed by atoms with Gasteiger partial charge in [0.25, 0.3) is 0 Å². The molecule has 0 aromatic heterocycles. The maximum absolute atomic E-state index is 11.5. The van der Waals surface area contributed by atoms with Crippen LogP contribution in [0.15, 0.2) is 12.7 Å². The van der Waals surface area contributed by atoms with Crippen molar-refractivity contribution in [3.63, 3.8) is 0 Å². The molecule has 0 aliphatic rings. The molecule has 21 heavy (non-hydrogen) atoms. The Labute approximate surface area is 128 Å². The van der Waals surface area contributed by atoms with Gasteiger partial charge < -0.3 is 14.8 Å². The maximum Gasteiger partial charge on any atom is 0.307 e. The summed E-state index contributed by atoms with van der Waals surface area (Å²) in [5.41, 5.74) is 0. The number of ether oxygens (including phenoxy) is 2. The first-order valence-corrected chi connectivity index (χ1v) is 7.73. The Hall–Kier alpha value is -1.36. The number of hydrogen-bond acceptors (Lipinski definition) is 4. The Morgan fingerprint density at radius 2 is 1.71 bits per heavy atom. The molecular weight excluding hydrogens is 270 g/mol. The van der Waals surface area contributed by atoms with Crippen molar-refractivity contribution in [3.05, 3.63) is 12.7 Å². The van der Waals surface area contributed by atoms with Crippen LogP contribution in [-0.2, 0) is 19.1 Å². The number of esters is 1. The van der Waals surface area contributed by atoms with E-state index in [0.29, 0.717) is 6.42 Å². The van der Waals surface area contributed by atoms with Gasteiger partial charge in [-0.15, -0.1) is 6.58 Å². The lowest BCUT2D eigenvalue weighted by atomic mass is 10.1. The van der Waals surface area contributed by atoms with E-state index in [4.69, 9.17) is 4.74 Å². The van der Waals surface area contributed by atoms with Crippen molar-refractivity contribution in [2.45, 2.75) is 57.8 Å². The number of methoxy groups -OCH3 is 1. The molecule has 0 bridgehead atoms. The first-order valence-electron chi connectivity index (χ1n) is 7.73. The van der Waals surface area contributed by atoms with Crippen molar-refractivity contribution < 1.29 is 19.1 Å². The monoisotopic (exact) mass is 299 g/mol. The Kier molecular flexibility index (Phi) is 14.1. The zero-order chi connectivity index (χ0) is 15.8. The fraction of sp³-hybridized carbons (Fsp3) is 0.750. The Bertz CT molecular complexity index is 292. The second-order valence-corrected chi connectivity index (χ2v) is 4.93. The van der Waals surface area contributed by atoms with E-state index < -0.39 is 0 Å². The third-order valence-corrected chi connectivity index (χ3v) is 3.11. The lowest BCUT2D eigenvalue weighted by Crippen LogP contribution is -2.26. The molecule has 5 heteroatoms.